The van der Waals surface area contributed by atoms with Gasteiger partial charge in [-0.1, -0.05) is 23.2 Å². The number of carbonyl (C=O) groups excluding carboxylic acids is 2. The second-order valence-corrected chi connectivity index (χ2v) is 8.75. The number of nitro benzene ring substituents is 1. The summed E-state index contributed by atoms with van der Waals surface area (Å²) in [5.41, 5.74) is 1.09. The Morgan fingerprint density at radius 1 is 1.15 bits per heavy atom. The van der Waals surface area contributed by atoms with Gasteiger partial charge in [-0.05, 0) is 49.4 Å². The lowest BCUT2D eigenvalue weighted by Crippen LogP contribution is -2.21. The van der Waals surface area contributed by atoms with Crippen molar-refractivity contribution < 1.29 is 19.2 Å². The third-order valence-corrected chi connectivity index (χ3v) is 6.16. The van der Waals surface area contributed by atoms with E-state index in [1.165, 1.54) is 29.5 Å². The molecule has 12 heteroatoms. The van der Waals surface area contributed by atoms with Crippen molar-refractivity contribution in [2.75, 3.05) is 11.9 Å². The number of esters is 1. The number of benzene rings is 2. The zero-order valence-electron chi connectivity index (χ0n) is 16.9. The number of hydrogen-bond donors (Lipinski definition) is 1. The monoisotopic (exact) mass is 504 g/mol. The fraction of sp³-hybridized carbons (Fsp3) is 0.0952. The highest BCUT2D eigenvalue weighted by Crippen LogP contribution is 2.31. The van der Waals surface area contributed by atoms with E-state index in [0.717, 1.165) is 21.6 Å². The average Bonchev–Trinajstić information content (AvgIpc) is 3.33. The van der Waals surface area contributed by atoms with E-state index >= 15 is 0 Å². The van der Waals surface area contributed by atoms with Crippen molar-refractivity contribution in [3.05, 3.63) is 79.3 Å². The topological polar surface area (TPSA) is 116 Å². The maximum atomic E-state index is 12.5. The number of aryl methyl sites for hydroxylation is 1. The first kappa shape index (κ1) is 22.7. The van der Waals surface area contributed by atoms with Crippen molar-refractivity contribution in [3.8, 4) is 5.69 Å². The summed E-state index contributed by atoms with van der Waals surface area (Å²) < 4.78 is 6.80. The number of thiophene rings is 1. The molecule has 0 unspecified atom stereocenters. The van der Waals surface area contributed by atoms with Crippen LogP contribution < -0.4 is 5.32 Å². The number of nitro groups is 1. The molecule has 0 aliphatic rings. The van der Waals surface area contributed by atoms with Gasteiger partial charge in [-0.3, -0.25) is 14.9 Å². The molecule has 2 aromatic heterocycles. The summed E-state index contributed by atoms with van der Waals surface area (Å²) in [5, 5.41) is 19.5. The number of fused-ring (bicyclic) bond motifs is 1. The van der Waals surface area contributed by atoms with Crippen LogP contribution in [0.25, 0.3) is 15.9 Å². The van der Waals surface area contributed by atoms with Crippen molar-refractivity contribution in [1.82, 2.24) is 9.78 Å². The molecule has 0 aliphatic carbocycles. The van der Waals surface area contributed by atoms with E-state index in [9.17, 15) is 19.7 Å². The Hall–Kier alpha value is -3.47. The summed E-state index contributed by atoms with van der Waals surface area (Å²) in [6.07, 6.45) is 0. The molecule has 0 saturated heterocycles. The molecule has 0 saturated carbocycles. The number of amides is 1. The first-order valence-corrected chi connectivity index (χ1v) is 11.0. The zero-order chi connectivity index (χ0) is 23.7. The number of nitrogens with zero attached hydrogens (tertiary/aromatic N) is 3. The predicted molar refractivity (Wildman–Crippen MR) is 126 cm³/mol. The third kappa shape index (κ3) is 4.82. The smallest absolute Gasteiger partial charge is 0.348 e. The van der Waals surface area contributed by atoms with Crippen molar-refractivity contribution >= 4 is 68.0 Å². The highest BCUT2D eigenvalue weighted by Gasteiger charge is 2.20. The van der Waals surface area contributed by atoms with E-state index in [1.54, 1.807) is 22.9 Å². The van der Waals surface area contributed by atoms with E-state index in [0.29, 0.717) is 5.02 Å². The first-order chi connectivity index (χ1) is 15.7. The molecule has 0 spiro atoms. The summed E-state index contributed by atoms with van der Waals surface area (Å²) in [6.45, 7) is 1.20. The molecule has 0 radical (unpaired) electrons. The number of carbonyl (C=O) groups is 2. The average molecular weight is 505 g/mol. The van der Waals surface area contributed by atoms with Crippen LogP contribution in [0.5, 0.6) is 0 Å². The summed E-state index contributed by atoms with van der Waals surface area (Å²) >= 11 is 13.0. The molecule has 4 rings (SSSR count). The maximum Gasteiger partial charge on any atom is 0.348 e. The van der Waals surface area contributed by atoms with Gasteiger partial charge in [-0.2, -0.15) is 5.10 Å². The van der Waals surface area contributed by atoms with Gasteiger partial charge >= 0.3 is 5.97 Å². The van der Waals surface area contributed by atoms with E-state index < -0.39 is 23.4 Å². The quantitative estimate of drug-likeness (QED) is 0.213. The summed E-state index contributed by atoms with van der Waals surface area (Å²) in [5.74, 6) is -1.44. The minimum atomic E-state index is -0.738. The van der Waals surface area contributed by atoms with Gasteiger partial charge in [0.1, 0.15) is 15.4 Å². The van der Waals surface area contributed by atoms with E-state index in [4.69, 9.17) is 27.9 Å². The SMILES string of the molecule is Cc1nn(-c2ccc(Cl)cc2)c2sc(C(=O)OCC(=O)Nc3cc(Cl)ccc3[N+](=O)[O-])cc12. The van der Waals surface area contributed by atoms with E-state index in [1.807, 2.05) is 19.1 Å². The highest BCUT2D eigenvalue weighted by atomic mass is 35.5. The summed E-state index contributed by atoms with van der Waals surface area (Å²) in [7, 11) is 0. The maximum absolute atomic E-state index is 12.5. The van der Waals surface area contributed by atoms with Crippen LogP contribution in [0.2, 0.25) is 10.0 Å². The summed E-state index contributed by atoms with van der Waals surface area (Å²) in [4.78, 5) is 36.2. The molecule has 2 aromatic carbocycles. The lowest BCUT2D eigenvalue weighted by molar-refractivity contribution is -0.383. The normalized spacial score (nSPS) is 10.9. The second kappa shape index (κ2) is 9.18. The number of ether oxygens (including phenoxy) is 1. The van der Waals surface area contributed by atoms with Gasteiger partial charge in [0, 0.05) is 21.5 Å². The number of halogens is 2. The van der Waals surface area contributed by atoms with Crippen molar-refractivity contribution in [2.45, 2.75) is 6.92 Å². The molecule has 0 fully saturated rings. The molecule has 33 heavy (non-hydrogen) atoms. The molecular formula is C21H14Cl2N4O5S. The molecule has 168 valence electrons. The Kier molecular flexibility index (Phi) is 6.32. The van der Waals surface area contributed by atoms with Crippen LogP contribution in [-0.4, -0.2) is 33.2 Å². The molecule has 2 heterocycles. The number of anilines is 1. The Morgan fingerprint density at radius 2 is 1.85 bits per heavy atom. The largest absolute Gasteiger partial charge is 0.451 e. The number of aromatic nitrogens is 2. The molecule has 4 aromatic rings. The molecule has 1 N–H and O–H groups in total. The van der Waals surface area contributed by atoms with Crippen LogP contribution in [0, 0.1) is 17.0 Å². The van der Waals surface area contributed by atoms with Crippen LogP contribution in [-0.2, 0) is 9.53 Å². The fourth-order valence-electron chi connectivity index (χ4n) is 3.06. The number of rotatable bonds is 6. The lowest BCUT2D eigenvalue weighted by Gasteiger charge is -2.07. The fourth-order valence-corrected chi connectivity index (χ4v) is 4.44. The molecular weight excluding hydrogens is 491 g/mol. The Morgan fingerprint density at radius 3 is 2.55 bits per heavy atom. The van der Waals surface area contributed by atoms with Gasteiger partial charge in [0.2, 0.25) is 0 Å². The van der Waals surface area contributed by atoms with Crippen LogP contribution >= 0.6 is 34.5 Å². The van der Waals surface area contributed by atoms with E-state index in [-0.39, 0.29) is 21.3 Å². The van der Waals surface area contributed by atoms with E-state index in [2.05, 4.69) is 10.4 Å². The van der Waals surface area contributed by atoms with Crippen molar-refractivity contribution in [3.63, 3.8) is 0 Å². The van der Waals surface area contributed by atoms with Gasteiger partial charge < -0.3 is 10.1 Å². The van der Waals surface area contributed by atoms with Crippen LogP contribution in [0.3, 0.4) is 0 Å². The third-order valence-electron chi connectivity index (χ3n) is 4.58. The second-order valence-electron chi connectivity index (χ2n) is 6.85. The predicted octanol–water partition coefficient (Wildman–Crippen LogP) is 5.41. The Balaban J connectivity index is 1.48. The van der Waals surface area contributed by atoms with Gasteiger partial charge in [0.15, 0.2) is 6.61 Å². The number of hydrogen-bond acceptors (Lipinski definition) is 7. The van der Waals surface area contributed by atoms with Gasteiger partial charge in [-0.15, -0.1) is 11.3 Å². The number of nitrogens with one attached hydrogen (secondary N) is 1. The summed E-state index contributed by atoms with van der Waals surface area (Å²) in [6, 6.07) is 12.5. The van der Waals surface area contributed by atoms with Crippen LogP contribution in [0.1, 0.15) is 15.4 Å². The van der Waals surface area contributed by atoms with Gasteiger partial charge in [-0.25, -0.2) is 9.48 Å². The zero-order valence-corrected chi connectivity index (χ0v) is 19.2. The Bertz CT molecular complexity index is 1400. The molecule has 0 aliphatic heterocycles. The highest BCUT2D eigenvalue weighted by molar-refractivity contribution is 7.20. The van der Waals surface area contributed by atoms with Crippen molar-refractivity contribution in [2.24, 2.45) is 0 Å². The molecule has 9 nitrogen and oxygen atoms in total. The lowest BCUT2D eigenvalue weighted by atomic mass is 10.2. The Labute approximate surface area is 200 Å². The standard InChI is InChI=1S/C21H14Cl2N4O5S/c1-11-15-9-18(33-20(15)26(25-11)14-5-2-12(22)3-6-14)21(29)32-10-19(28)24-16-8-13(23)4-7-17(16)27(30)31/h2-9H,10H2,1H3,(H,24,28). The minimum Gasteiger partial charge on any atom is -0.451 e. The molecule has 1 amide bonds. The van der Waals surface area contributed by atoms with Gasteiger partial charge in [0.25, 0.3) is 11.6 Å². The molecule has 0 atom stereocenters. The minimum absolute atomic E-state index is 0.0888. The molecule has 0 bridgehead atoms. The van der Waals surface area contributed by atoms with Crippen LogP contribution in [0.15, 0.2) is 48.5 Å². The van der Waals surface area contributed by atoms with Crippen LogP contribution in [0.4, 0.5) is 11.4 Å². The first-order valence-electron chi connectivity index (χ1n) is 9.39. The van der Waals surface area contributed by atoms with Gasteiger partial charge in [0.05, 0.1) is 16.3 Å². The van der Waals surface area contributed by atoms with Crippen molar-refractivity contribution in [1.29, 1.82) is 0 Å².